The van der Waals surface area contributed by atoms with E-state index in [0.717, 1.165) is 23.4 Å². The Morgan fingerprint density at radius 3 is 2.67 bits per heavy atom. The van der Waals surface area contributed by atoms with Crippen molar-refractivity contribution in [2.24, 2.45) is 0 Å². The lowest BCUT2D eigenvalue weighted by Gasteiger charge is -2.11. The Kier molecular flexibility index (Phi) is 6.57. The van der Waals surface area contributed by atoms with Crippen LogP contribution in [-0.2, 0) is 16.0 Å². The summed E-state index contributed by atoms with van der Waals surface area (Å²) in [5.41, 5.74) is 1.86. The van der Waals surface area contributed by atoms with Crippen LogP contribution in [0.4, 0.5) is 5.69 Å². The standard InChI is InChI=1S/C18H23N3O3/c1-3-14-7-4-5-8-15(14)21-18(23)12-20-17(22)11-19-13(2)16-9-6-10-24-16/h4-10,13,19H,3,11-12H2,1-2H3,(H,20,22)(H,21,23)/p+1/t13-/m1/s1. The van der Waals surface area contributed by atoms with Crippen molar-refractivity contribution in [1.82, 2.24) is 5.32 Å². The quantitative estimate of drug-likeness (QED) is 0.680. The number of hydrogen-bond acceptors (Lipinski definition) is 3. The number of para-hydroxylation sites is 1. The fraction of sp³-hybridized carbons (Fsp3) is 0.333. The topological polar surface area (TPSA) is 88.0 Å². The maximum absolute atomic E-state index is 12.0. The van der Waals surface area contributed by atoms with Gasteiger partial charge in [0, 0.05) is 5.69 Å². The average molecular weight is 330 g/mol. The third kappa shape index (κ3) is 5.24. The highest BCUT2D eigenvalue weighted by Gasteiger charge is 2.14. The molecule has 24 heavy (non-hydrogen) atoms. The molecule has 2 aromatic rings. The lowest BCUT2D eigenvalue weighted by molar-refractivity contribution is -0.684. The molecule has 0 radical (unpaired) electrons. The molecule has 0 bridgehead atoms. The minimum atomic E-state index is -0.233. The van der Waals surface area contributed by atoms with E-state index in [9.17, 15) is 9.59 Å². The highest BCUT2D eigenvalue weighted by atomic mass is 16.3. The molecule has 2 amide bonds. The van der Waals surface area contributed by atoms with Gasteiger partial charge in [-0.3, -0.25) is 9.59 Å². The van der Waals surface area contributed by atoms with E-state index in [2.05, 4.69) is 10.6 Å². The Bertz CT molecular complexity index is 668. The molecule has 1 heterocycles. The van der Waals surface area contributed by atoms with Crippen LogP contribution in [0.1, 0.15) is 31.2 Å². The van der Waals surface area contributed by atoms with Gasteiger partial charge in [-0.2, -0.15) is 0 Å². The first-order valence-corrected chi connectivity index (χ1v) is 8.11. The van der Waals surface area contributed by atoms with Crippen molar-refractivity contribution in [2.75, 3.05) is 18.4 Å². The second-order valence-corrected chi connectivity index (χ2v) is 5.58. The summed E-state index contributed by atoms with van der Waals surface area (Å²) >= 11 is 0. The van der Waals surface area contributed by atoms with Gasteiger partial charge in [0.1, 0.15) is 6.04 Å². The zero-order valence-corrected chi connectivity index (χ0v) is 14.0. The van der Waals surface area contributed by atoms with Gasteiger partial charge in [-0.15, -0.1) is 0 Å². The number of amides is 2. The Morgan fingerprint density at radius 2 is 1.96 bits per heavy atom. The van der Waals surface area contributed by atoms with Crippen LogP contribution in [0.3, 0.4) is 0 Å². The molecule has 128 valence electrons. The van der Waals surface area contributed by atoms with Gasteiger partial charge in [-0.25, -0.2) is 0 Å². The number of carbonyl (C=O) groups is 2. The number of benzene rings is 1. The van der Waals surface area contributed by atoms with Crippen LogP contribution >= 0.6 is 0 Å². The summed E-state index contributed by atoms with van der Waals surface area (Å²) in [5, 5.41) is 7.31. The van der Waals surface area contributed by atoms with Gasteiger partial charge in [0.2, 0.25) is 5.91 Å². The largest absolute Gasteiger partial charge is 0.463 e. The molecule has 0 aliphatic heterocycles. The van der Waals surface area contributed by atoms with Crippen molar-refractivity contribution in [3.05, 3.63) is 54.0 Å². The second kappa shape index (κ2) is 8.88. The van der Waals surface area contributed by atoms with Crippen LogP contribution in [-0.4, -0.2) is 24.9 Å². The molecule has 1 aromatic carbocycles. The van der Waals surface area contributed by atoms with Gasteiger partial charge in [0.15, 0.2) is 12.3 Å². The van der Waals surface area contributed by atoms with Crippen LogP contribution in [0.2, 0.25) is 0 Å². The van der Waals surface area contributed by atoms with E-state index in [4.69, 9.17) is 4.42 Å². The van der Waals surface area contributed by atoms with Crippen LogP contribution in [0, 0.1) is 0 Å². The molecule has 2 rings (SSSR count). The summed E-state index contributed by atoms with van der Waals surface area (Å²) < 4.78 is 5.29. The van der Waals surface area contributed by atoms with E-state index < -0.39 is 0 Å². The number of quaternary nitrogens is 1. The van der Waals surface area contributed by atoms with E-state index in [1.54, 1.807) is 6.26 Å². The number of nitrogens with two attached hydrogens (primary N) is 1. The predicted molar refractivity (Wildman–Crippen MR) is 91.4 cm³/mol. The fourth-order valence-electron chi connectivity index (χ4n) is 2.35. The third-order valence-electron chi connectivity index (χ3n) is 3.77. The molecule has 0 aliphatic rings. The molecule has 0 unspecified atom stereocenters. The number of aryl methyl sites for hydroxylation is 1. The van der Waals surface area contributed by atoms with Crippen LogP contribution in [0.25, 0.3) is 0 Å². The SMILES string of the molecule is CCc1ccccc1NC(=O)CNC(=O)C[NH2+][C@H](C)c1ccco1. The molecular weight excluding hydrogens is 306 g/mol. The normalized spacial score (nSPS) is 11.8. The molecule has 0 saturated heterocycles. The Morgan fingerprint density at radius 1 is 1.17 bits per heavy atom. The van der Waals surface area contributed by atoms with Crippen molar-refractivity contribution in [1.29, 1.82) is 0 Å². The molecule has 6 heteroatoms. The molecule has 1 aromatic heterocycles. The van der Waals surface area contributed by atoms with E-state index in [1.165, 1.54) is 0 Å². The Labute approximate surface area is 141 Å². The van der Waals surface area contributed by atoms with Crippen LogP contribution < -0.4 is 16.0 Å². The first-order chi connectivity index (χ1) is 11.6. The molecule has 4 N–H and O–H groups in total. The van der Waals surface area contributed by atoms with E-state index in [1.807, 2.05) is 55.6 Å². The van der Waals surface area contributed by atoms with Crippen molar-refractivity contribution >= 4 is 17.5 Å². The molecule has 0 saturated carbocycles. The van der Waals surface area contributed by atoms with Gasteiger partial charge in [-0.1, -0.05) is 25.1 Å². The lowest BCUT2D eigenvalue weighted by atomic mass is 10.1. The van der Waals surface area contributed by atoms with Crippen molar-refractivity contribution in [3.8, 4) is 0 Å². The van der Waals surface area contributed by atoms with E-state index >= 15 is 0 Å². The summed E-state index contributed by atoms with van der Waals surface area (Å²) in [6.07, 6.45) is 2.45. The molecule has 1 atom stereocenters. The van der Waals surface area contributed by atoms with Crippen molar-refractivity contribution in [2.45, 2.75) is 26.3 Å². The van der Waals surface area contributed by atoms with Crippen LogP contribution in [0.15, 0.2) is 47.1 Å². The monoisotopic (exact) mass is 330 g/mol. The summed E-state index contributed by atoms with van der Waals surface area (Å²) in [7, 11) is 0. The maximum Gasteiger partial charge on any atom is 0.275 e. The summed E-state index contributed by atoms with van der Waals surface area (Å²) in [6, 6.07) is 11.4. The van der Waals surface area contributed by atoms with Gasteiger partial charge in [0.25, 0.3) is 5.91 Å². The minimum Gasteiger partial charge on any atom is -0.463 e. The number of hydrogen-bond donors (Lipinski definition) is 3. The van der Waals surface area contributed by atoms with Crippen molar-refractivity contribution in [3.63, 3.8) is 0 Å². The Hall–Kier alpha value is -2.60. The second-order valence-electron chi connectivity index (χ2n) is 5.58. The predicted octanol–water partition coefficient (Wildman–Crippen LogP) is 1.22. The third-order valence-corrected chi connectivity index (χ3v) is 3.77. The number of anilines is 1. The first kappa shape index (κ1) is 17.7. The Balaban J connectivity index is 1.72. The highest BCUT2D eigenvalue weighted by molar-refractivity contribution is 5.95. The fourth-order valence-corrected chi connectivity index (χ4v) is 2.35. The summed E-state index contributed by atoms with van der Waals surface area (Å²) in [4.78, 5) is 23.8. The van der Waals surface area contributed by atoms with E-state index in [0.29, 0.717) is 0 Å². The highest BCUT2D eigenvalue weighted by Crippen LogP contribution is 2.14. The zero-order valence-electron chi connectivity index (χ0n) is 14.0. The molecule has 0 fully saturated rings. The smallest absolute Gasteiger partial charge is 0.275 e. The molecular formula is C18H24N3O3+. The van der Waals surface area contributed by atoms with Gasteiger partial charge < -0.3 is 20.4 Å². The number of rotatable bonds is 8. The van der Waals surface area contributed by atoms with Crippen LogP contribution in [0.5, 0.6) is 0 Å². The van der Waals surface area contributed by atoms with Gasteiger partial charge in [-0.05, 0) is 37.1 Å². The molecule has 0 aliphatic carbocycles. The van der Waals surface area contributed by atoms with E-state index in [-0.39, 0.29) is 30.9 Å². The summed E-state index contributed by atoms with van der Waals surface area (Å²) in [5.74, 6) is 0.396. The molecule has 6 nitrogen and oxygen atoms in total. The average Bonchev–Trinajstić information content (AvgIpc) is 3.13. The zero-order chi connectivity index (χ0) is 17.4. The van der Waals surface area contributed by atoms with Gasteiger partial charge >= 0.3 is 0 Å². The number of furan rings is 1. The maximum atomic E-state index is 12.0. The lowest BCUT2D eigenvalue weighted by Crippen LogP contribution is -2.87. The van der Waals surface area contributed by atoms with Gasteiger partial charge in [0.05, 0.1) is 12.8 Å². The first-order valence-electron chi connectivity index (χ1n) is 8.11. The minimum absolute atomic E-state index is 0.0418. The summed E-state index contributed by atoms with van der Waals surface area (Å²) in [6.45, 7) is 4.18. The number of carbonyl (C=O) groups excluding carboxylic acids is 2. The molecule has 0 spiro atoms. The number of nitrogens with one attached hydrogen (secondary N) is 2. The van der Waals surface area contributed by atoms with Crippen molar-refractivity contribution < 1.29 is 19.3 Å².